The molecule has 0 N–H and O–H groups in total. The van der Waals surface area contributed by atoms with Gasteiger partial charge in [-0.25, -0.2) is 9.83 Å². The quantitative estimate of drug-likeness (QED) is 0.637. The van der Waals surface area contributed by atoms with Gasteiger partial charge >= 0.3 is 7.48 Å². The van der Waals surface area contributed by atoms with Crippen molar-refractivity contribution in [3.63, 3.8) is 0 Å². The number of nitrogens with zero attached hydrogens (tertiary/aromatic N) is 3. The summed E-state index contributed by atoms with van der Waals surface area (Å²) in [7, 11) is 5.44. The highest BCUT2D eigenvalue weighted by Gasteiger charge is 2.15. The van der Waals surface area contributed by atoms with Gasteiger partial charge in [0.15, 0.2) is 0 Å². The molecule has 1 aliphatic heterocycles. The molecule has 1 aromatic carbocycles. The summed E-state index contributed by atoms with van der Waals surface area (Å²) in [5.74, 6) is 1.77. The van der Waals surface area contributed by atoms with Gasteiger partial charge < -0.3 is 14.3 Å². The number of aromatic nitrogens is 1. The highest BCUT2D eigenvalue weighted by molar-refractivity contribution is 6.48. The van der Waals surface area contributed by atoms with Crippen LogP contribution in [0.15, 0.2) is 30.3 Å². The van der Waals surface area contributed by atoms with Crippen molar-refractivity contribution in [1.82, 2.24) is 4.98 Å². The van der Waals surface area contributed by atoms with E-state index in [1.807, 2.05) is 32.3 Å². The maximum Gasteiger partial charge on any atom is 0.330 e. The average molecular weight is 278 g/mol. The Bertz CT molecular complexity index is 725. The van der Waals surface area contributed by atoms with Gasteiger partial charge in [0.25, 0.3) is 0 Å². The normalized spacial score (nSPS) is 12.2. The summed E-state index contributed by atoms with van der Waals surface area (Å²) in [6, 6.07) is 9.20. The maximum atomic E-state index is 7.15. The minimum Gasteiger partial charge on any atom is -0.439 e. The van der Waals surface area contributed by atoms with E-state index in [2.05, 4.69) is 9.83 Å². The number of fused-ring (bicyclic) bond motifs is 1. The molecule has 0 atom stereocenters. The second kappa shape index (κ2) is 5.47. The highest BCUT2D eigenvalue weighted by Crippen LogP contribution is 2.30. The van der Waals surface area contributed by atoms with Crippen molar-refractivity contribution >= 4 is 24.5 Å². The third-order valence-electron chi connectivity index (χ3n) is 3.16. The number of benzene rings is 1. The predicted octanol–water partition coefficient (Wildman–Crippen LogP) is 2.27. The number of hydrogen-bond donors (Lipinski definition) is 0. The summed E-state index contributed by atoms with van der Waals surface area (Å²) in [6.45, 7) is 7.72. The first kappa shape index (κ1) is 13.5. The van der Waals surface area contributed by atoms with Gasteiger partial charge in [0, 0.05) is 14.1 Å². The van der Waals surface area contributed by atoms with Crippen molar-refractivity contribution in [2.24, 2.45) is 0 Å². The fourth-order valence-electron chi connectivity index (χ4n) is 2.12. The number of anilines is 1. The van der Waals surface area contributed by atoms with Crippen molar-refractivity contribution < 1.29 is 9.39 Å². The number of rotatable bonds is 3. The Morgan fingerprint density at radius 2 is 2.19 bits per heavy atom. The molecule has 2 aromatic rings. The van der Waals surface area contributed by atoms with E-state index >= 15 is 0 Å². The Kier molecular flexibility index (Phi) is 3.51. The lowest BCUT2D eigenvalue weighted by Gasteiger charge is -2.14. The van der Waals surface area contributed by atoms with Crippen LogP contribution in [-0.2, 0) is 11.3 Å². The minimum atomic E-state index is 0.467. The monoisotopic (exact) mass is 278 g/mol. The fourth-order valence-corrected chi connectivity index (χ4v) is 2.12. The van der Waals surface area contributed by atoms with Crippen LogP contribution in [0.2, 0.25) is 0 Å². The lowest BCUT2D eigenvalue weighted by molar-refractivity contribution is 0.344. The summed E-state index contributed by atoms with van der Waals surface area (Å²) in [6.07, 6.45) is 0. The van der Waals surface area contributed by atoms with Gasteiger partial charge in [-0.1, -0.05) is 6.07 Å². The highest BCUT2D eigenvalue weighted by atomic mass is 16.5. The summed E-state index contributed by atoms with van der Waals surface area (Å²) in [5, 5.41) is 0. The van der Waals surface area contributed by atoms with Gasteiger partial charge in [-0.05, 0) is 35.3 Å². The second-order valence-corrected chi connectivity index (χ2v) is 4.89. The molecule has 0 spiro atoms. The smallest absolute Gasteiger partial charge is 0.330 e. The summed E-state index contributed by atoms with van der Waals surface area (Å²) >= 11 is 0. The van der Waals surface area contributed by atoms with E-state index in [1.54, 1.807) is 24.5 Å². The fraction of sp³-hybridized carbons (Fsp3) is 0.200. The van der Waals surface area contributed by atoms with Crippen LogP contribution in [0.25, 0.3) is 4.85 Å². The molecule has 5 nitrogen and oxygen atoms in total. The lowest BCUT2D eigenvalue weighted by atomic mass is 9.87. The van der Waals surface area contributed by atoms with E-state index in [0.29, 0.717) is 29.7 Å². The van der Waals surface area contributed by atoms with Gasteiger partial charge in [0.05, 0.1) is 13.2 Å². The van der Waals surface area contributed by atoms with E-state index in [0.717, 1.165) is 11.0 Å². The average Bonchev–Trinajstić information content (AvgIpc) is 2.94. The van der Waals surface area contributed by atoms with Crippen LogP contribution in [-0.4, -0.2) is 26.6 Å². The molecule has 103 valence electrons. The molecule has 0 fully saturated rings. The van der Waals surface area contributed by atoms with Gasteiger partial charge in [0.2, 0.25) is 11.6 Å². The molecule has 0 bridgehead atoms. The van der Waals surface area contributed by atoms with Crippen molar-refractivity contribution in [1.29, 1.82) is 0 Å². The molecule has 0 unspecified atom stereocenters. The minimum absolute atomic E-state index is 0.467. The standard InChI is InChI=1S/C15H13BN3O2/c1-17-13-6-7-14(18-15(13)19(2)3)21-11-4-5-12-10(8-11)9-20-16-12/h4-8H,9H2,2-3H3. The Labute approximate surface area is 124 Å². The molecule has 1 aliphatic rings. The van der Waals surface area contributed by atoms with E-state index < -0.39 is 0 Å². The van der Waals surface area contributed by atoms with Crippen LogP contribution in [0, 0.1) is 6.57 Å². The number of pyridine rings is 1. The van der Waals surface area contributed by atoms with E-state index in [9.17, 15) is 0 Å². The Hall–Kier alpha value is -2.52. The third-order valence-corrected chi connectivity index (χ3v) is 3.16. The second-order valence-electron chi connectivity index (χ2n) is 4.89. The van der Waals surface area contributed by atoms with Crippen molar-refractivity contribution in [3.05, 3.63) is 47.3 Å². The first-order valence-electron chi connectivity index (χ1n) is 6.49. The van der Waals surface area contributed by atoms with Crippen LogP contribution in [0.3, 0.4) is 0 Å². The number of hydrogen-bond acceptors (Lipinski definition) is 4. The van der Waals surface area contributed by atoms with E-state index in [-0.39, 0.29) is 0 Å². The van der Waals surface area contributed by atoms with Gasteiger partial charge in [0.1, 0.15) is 11.6 Å². The Morgan fingerprint density at radius 3 is 2.95 bits per heavy atom. The van der Waals surface area contributed by atoms with Gasteiger partial charge in [-0.2, -0.15) is 0 Å². The summed E-state index contributed by atoms with van der Waals surface area (Å²) < 4.78 is 11.0. The summed E-state index contributed by atoms with van der Waals surface area (Å²) in [4.78, 5) is 9.64. The number of ether oxygens (including phenoxy) is 1. The zero-order chi connectivity index (χ0) is 14.8. The van der Waals surface area contributed by atoms with Crippen LogP contribution >= 0.6 is 0 Å². The van der Waals surface area contributed by atoms with Crippen LogP contribution in [0.5, 0.6) is 11.6 Å². The Balaban J connectivity index is 1.88. The van der Waals surface area contributed by atoms with Gasteiger partial charge in [-0.3, -0.25) is 0 Å². The first-order chi connectivity index (χ1) is 10.2. The largest absolute Gasteiger partial charge is 0.439 e. The molecule has 0 saturated heterocycles. The molecule has 6 heteroatoms. The molecule has 1 aromatic heterocycles. The zero-order valence-electron chi connectivity index (χ0n) is 11.8. The van der Waals surface area contributed by atoms with Gasteiger partial charge in [-0.15, -0.1) is 0 Å². The van der Waals surface area contributed by atoms with Crippen molar-refractivity contribution in [2.45, 2.75) is 6.61 Å². The first-order valence-corrected chi connectivity index (χ1v) is 6.49. The third kappa shape index (κ3) is 2.69. The van der Waals surface area contributed by atoms with E-state index in [4.69, 9.17) is 16.0 Å². The molecular weight excluding hydrogens is 265 g/mol. The van der Waals surface area contributed by atoms with Crippen molar-refractivity contribution in [2.75, 3.05) is 19.0 Å². The predicted molar refractivity (Wildman–Crippen MR) is 81.5 cm³/mol. The van der Waals surface area contributed by atoms with E-state index in [1.165, 1.54) is 0 Å². The molecule has 3 rings (SSSR count). The molecule has 0 amide bonds. The topological polar surface area (TPSA) is 39.0 Å². The molecule has 1 radical (unpaired) electrons. The van der Waals surface area contributed by atoms with Crippen LogP contribution in [0.1, 0.15) is 5.56 Å². The Morgan fingerprint density at radius 1 is 1.33 bits per heavy atom. The van der Waals surface area contributed by atoms with Crippen LogP contribution in [0.4, 0.5) is 11.5 Å². The molecule has 21 heavy (non-hydrogen) atoms. The molecular formula is C15H13BN3O2. The lowest BCUT2D eigenvalue weighted by Crippen LogP contribution is -2.11. The molecule has 0 saturated carbocycles. The molecule has 2 heterocycles. The zero-order valence-corrected chi connectivity index (χ0v) is 11.8. The van der Waals surface area contributed by atoms with Crippen molar-refractivity contribution in [3.8, 4) is 11.6 Å². The maximum absolute atomic E-state index is 7.15. The molecule has 0 aliphatic carbocycles. The van der Waals surface area contributed by atoms with Crippen LogP contribution < -0.4 is 15.1 Å². The summed E-state index contributed by atoms with van der Waals surface area (Å²) in [5.41, 5.74) is 2.68. The SMILES string of the molecule is [C-]#[N+]c1ccc(Oc2ccc3c(c2)CO[B]3)nc1N(C)C.